The number of fused-ring (bicyclic) bond motifs is 2. The SMILES string of the molecule is C1CCC2OC2C1.O=C(O)C1CCC2OC2C1.O=CO. The molecule has 2 N–H and O–H groups in total. The molecular weight excluding hydrogens is 264 g/mol. The summed E-state index contributed by atoms with van der Waals surface area (Å²) >= 11 is 0. The van der Waals surface area contributed by atoms with Gasteiger partial charge < -0.3 is 19.7 Å². The van der Waals surface area contributed by atoms with E-state index in [4.69, 9.17) is 24.5 Å². The fraction of sp³-hybridized carbons (Fsp3) is 0.857. The van der Waals surface area contributed by atoms with Gasteiger partial charge in [0.15, 0.2) is 0 Å². The molecule has 4 rings (SSSR count). The number of hydrogen-bond donors (Lipinski definition) is 2. The molecule has 4 aliphatic rings. The number of hydrogen-bond acceptors (Lipinski definition) is 4. The van der Waals surface area contributed by atoms with Crippen LogP contribution in [0.2, 0.25) is 0 Å². The zero-order valence-electron chi connectivity index (χ0n) is 11.4. The van der Waals surface area contributed by atoms with Gasteiger partial charge in [0, 0.05) is 0 Å². The summed E-state index contributed by atoms with van der Waals surface area (Å²) < 4.78 is 10.5. The van der Waals surface area contributed by atoms with Crippen LogP contribution in [0.15, 0.2) is 0 Å². The lowest BCUT2D eigenvalue weighted by Crippen LogP contribution is -2.21. The minimum atomic E-state index is -0.658. The first-order valence-electron chi connectivity index (χ1n) is 7.27. The van der Waals surface area contributed by atoms with Crippen molar-refractivity contribution in [3.63, 3.8) is 0 Å². The molecule has 2 heterocycles. The first kappa shape index (κ1) is 15.3. The largest absolute Gasteiger partial charge is 0.483 e. The highest BCUT2D eigenvalue weighted by Crippen LogP contribution is 2.39. The fourth-order valence-electron chi connectivity index (χ4n) is 3.01. The van der Waals surface area contributed by atoms with E-state index in [0.29, 0.717) is 18.3 Å². The van der Waals surface area contributed by atoms with Gasteiger partial charge in [-0.25, -0.2) is 0 Å². The van der Waals surface area contributed by atoms with E-state index >= 15 is 0 Å². The standard InChI is InChI=1S/C7H10O3.C6H10O.CH2O2/c8-7(9)4-1-2-5-6(3-4)10-5;1-2-4-6-5(3-1)7-6;2-1-3/h4-6H,1-3H2,(H,8,9);5-6H,1-4H2;1H,(H,2,3). The number of ether oxygens (including phenoxy) is 2. The Kier molecular flexibility index (Phi) is 5.37. The van der Waals surface area contributed by atoms with E-state index < -0.39 is 5.97 Å². The van der Waals surface area contributed by atoms with E-state index in [1.54, 1.807) is 0 Å². The van der Waals surface area contributed by atoms with Gasteiger partial charge >= 0.3 is 5.97 Å². The maximum Gasteiger partial charge on any atom is 0.306 e. The number of aliphatic carboxylic acids is 1. The zero-order valence-corrected chi connectivity index (χ0v) is 11.4. The smallest absolute Gasteiger partial charge is 0.306 e. The van der Waals surface area contributed by atoms with Crippen LogP contribution in [-0.4, -0.2) is 47.1 Å². The van der Waals surface area contributed by atoms with Gasteiger partial charge in [0.25, 0.3) is 6.47 Å². The molecular formula is C14H22O6. The monoisotopic (exact) mass is 286 g/mol. The van der Waals surface area contributed by atoms with Crippen LogP contribution in [0.5, 0.6) is 0 Å². The molecule has 0 radical (unpaired) electrons. The van der Waals surface area contributed by atoms with Crippen molar-refractivity contribution in [3.05, 3.63) is 0 Å². The molecule has 0 aromatic carbocycles. The predicted molar refractivity (Wildman–Crippen MR) is 69.5 cm³/mol. The van der Waals surface area contributed by atoms with E-state index in [-0.39, 0.29) is 18.5 Å². The fourth-order valence-corrected chi connectivity index (χ4v) is 3.01. The Hall–Kier alpha value is -1.14. The molecule has 5 atom stereocenters. The van der Waals surface area contributed by atoms with E-state index in [9.17, 15) is 4.79 Å². The van der Waals surface area contributed by atoms with Gasteiger partial charge in [0.1, 0.15) is 0 Å². The summed E-state index contributed by atoms with van der Waals surface area (Å²) in [6.07, 6.45) is 10.1. The lowest BCUT2D eigenvalue weighted by atomic mass is 9.90. The third-order valence-corrected chi connectivity index (χ3v) is 4.27. The topological polar surface area (TPSA) is 99.7 Å². The average Bonchev–Trinajstić information content (AvgIpc) is 3.33. The van der Waals surface area contributed by atoms with Crippen LogP contribution < -0.4 is 0 Å². The molecule has 0 spiro atoms. The molecule has 6 heteroatoms. The predicted octanol–water partition coefficient (Wildman–Crippen LogP) is 1.67. The zero-order chi connectivity index (χ0) is 14.5. The van der Waals surface area contributed by atoms with Crippen molar-refractivity contribution < 1.29 is 29.3 Å². The normalized spacial score (nSPS) is 39.5. The number of rotatable bonds is 1. The van der Waals surface area contributed by atoms with Crippen molar-refractivity contribution in [2.24, 2.45) is 5.92 Å². The van der Waals surface area contributed by atoms with Gasteiger partial charge in [-0.15, -0.1) is 0 Å². The number of carboxylic acids is 1. The summed E-state index contributed by atoms with van der Waals surface area (Å²) in [5, 5.41) is 15.5. The molecule has 4 fully saturated rings. The highest BCUT2D eigenvalue weighted by atomic mass is 16.6. The molecule has 0 amide bonds. The molecule has 0 aromatic rings. The summed E-state index contributed by atoms with van der Waals surface area (Å²) in [5.74, 6) is -0.794. The van der Waals surface area contributed by atoms with Crippen molar-refractivity contribution in [1.29, 1.82) is 0 Å². The maximum atomic E-state index is 10.5. The Labute approximate surface area is 118 Å². The second kappa shape index (κ2) is 7.04. The highest BCUT2D eigenvalue weighted by Gasteiger charge is 2.45. The molecule has 2 aliphatic carbocycles. The summed E-state index contributed by atoms with van der Waals surface area (Å²) in [7, 11) is 0. The lowest BCUT2D eigenvalue weighted by Gasteiger charge is -2.12. The van der Waals surface area contributed by atoms with E-state index in [2.05, 4.69) is 0 Å². The van der Waals surface area contributed by atoms with E-state index in [1.165, 1.54) is 25.7 Å². The first-order valence-corrected chi connectivity index (χ1v) is 7.27. The molecule has 2 saturated heterocycles. The molecule has 6 nitrogen and oxygen atoms in total. The lowest BCUT2D eigenvalue weighted by molar-refractivity contribution is -0.142. The van der Waals surface area contributed by atoms with Crippen LogP contribution in [0.25, 0.3) is 0 Å². The van der Waals surface area contributed by atoms with Gasteiger partial charge in [0.05, 0.1) is 30.3 Å². The molecule has 114 valence electrons. The highest BCUT2D eigenvalue weighted by molar-refractivity contribution is 5.70. The molecule has 0 bridgehead atoms. The van der Waals surface area contributed by atoms with Crippen LogP contribution in [-0.2, 0) is 19.1 Å². The van der Waals surface area contributed by atoms with Crippen LogP contribution in [0.1, 0.15) is 44.9 Å². The summed E-state index contributed by atoms with van der Waals surface area (Å²) in [4.78, 5) is 18.8. The summed E-state index contributed by atoms with van der Waals surface area (Å²) in [6.45, 7) is -0.250. The number of carbonyl (C=O) groups is 2. The first-order chi connectivity index (χ1) is 9.65. The van der Waals surface area contributed by atoms with Crippen molar-refractivity contribution in [2.75, 3.05) is 0 Å². The van der Waals surface area contributed by atoms with Crippen LogP contribution in [0.3, 0.4) is 0 Å². The second-order valence-electron chi connectivity index (χ2n) is 5.66. The minimum absolute atomic E-state index is 0.135. The molecule has 2 saturated carbocycles. The third-order valence-electron chi connectivity index (χ3n) is 4.27. The molecule has 5 unspecified atom stereocenters. The van der Waals surface area contributed by atoms with Gasteiger partial charge in [-0.05, 0) is 32.1 Å². The molecule has 0 aromatic heterocycles. The van der Waals surface area contributed by atoms with Crippen LogP contribution in [0.4, 0.5) is 0 Å². The van der Waals surface area contributed by atoms with Crippen molar-refractivity contribution in [2.45, 2.75) is 69.4 Å². The van der Waals surface area contributed by atoms with Crippen LogP contribution in [0, 0.1) is 5.92 Å². The average molecular weight is 286 g/mol. The Morgan fingerprint density at radius 3 is 1.90 bits per heavy atom. The van der Waals surface area contributed by atoms with Gasteiger partial charge in [0.2, 0.25) is 0 Å². The maximum absolute atomic E-state index is 10.5. The third kappa shape index (κ3) is 4.45. The van der Waals surface area contributed by atoms with E-state index in [1.807, 2.05) is 0 Å². The quantitative estimate of drug-likeness (QED) is 0.562. The number of epoxide rings is 2. The van der Waals surface area contributed by atoms with Crippen LogP contribution >= 0.6 is 0 Å². The molecule has 20 heavy (non-hydrogen) atoms. The Morgan fingerprint density at radius 2 is 1.45 bits per heavy atom. The number of carboxylic acid groups (broad SMARTS) is 2. The van der Waals surface area contributed by atoms with Gasteiger partial charge in [-0.1, -0.05) is 12.8 Å². The Bertz CT molecular complexity index is 335. The van der Waals surface area contributed by atoms with Gasteiger partial charge in [-0.3, -0.25) is 9.59 Å². The van der Waals surface area contributed by atoms with E-state index in [0.717, 1.165) is 19.3 Å². The van der Waals surface area contributed by atoms with Crippen molar-refractivity contribution in [3.8, 4) is 0 Å². The summed E-state index contributed by atoms with van der Waals surface area (Å²) in [6, 6.07) is 0. The Morgan fingerprint density at radius 1 is 0.950 bits per heavy atom. The second-order valence-corrected chi connectivity index (χ2v) is 5.66. The van der Waals surface area contributed by atoms with Gasteiger partial charge in [-0.2, -0.15) is 0 Å². The van der Waals surface area contributed by atoms with Crippen molar-refractivity contribution >= 4 is 12.4 Å². The van der Waals surface area contributed by atoms with Crippen molar-refractivity contribution in [1.82, 2.24) is 0 Å². The minimum Gasteiger partial charge on any atom is -0.483 e. The molecule has 2 aliphatic heterocycles. The Balaban J connectivity index is 0.000000128. The summed E-state index contributed by atoms with van der Waals surface area (Å²) in [5.41, 5.74) is 0.